The molecule has 0 unspecified atom stereocenters. The molecule has 0 atom stereocenters. The predicted octanol–water partition coefficient (Wildman–Crippen LogP) is 4.87. The van der Waals surface area contributed by atoms with Crippen LogP contribution in [0.3, 0.4) is 0 Å². The maximum absolute atomic E-state index is 5.93. The lowest BCUT2D eigenvalue weighted by molar-refractivity contribution is 0.458. The molecule has 17 heavy (non-hydrogen) atoms. The number of ether oxygens (including phenoxy) is 1. The molecule has 0 aliphatic heterocycles. The van der Waals surface area contributed by atoms with Gasteiger partial charge in [0.05, 0.1) is 20.2 Å². The highest BCUT2D eigenvalue weighted by atomic mass is 127. The van der Waals surface area contributed by atoms with Crippen LogP contribution in [0.15, 0.2) is 36.4 Å². The SMILES string of the molecule is ClCc1nc(Oc2ccccc2I)ccc1Cl. The molecule has 2 rings (SSSR count). The molecule has 0 spiro atoms. The van der Waals surface area contributed by atoms with Crippen molar-refractivity contribution in [2.24, 2.45) is 0 Å². The Morgan fingerprint density at radius 3 is 2.65 bits per heavy atom. The van der Waals surface area contributed by atoms with Crippen molar-refractivity contribution < 1.29 is 4.74 Å². The Bertz CT molecular complexity index is 534. The first-order valence-corrected chi connectivity index (χ1v) is 6.83. The Labute approximate surface area is 123 Å². The van der Waals surface area contributed by atoms with Crippen molar-refractivity contribution in [3.05, 3.63) is 50.7 Å². The Morgan fingerprint density at radius 1 is 1.18 bits per heavy atom. The van der Waals surface area contributed by atoms with E-state index in [2.05, 4.69) is 27.6 Å². The minimum absolute atomic E-state index is 0.266. The molecule has 0 fully saturated rings. The van der Waals surface area contributed by atoms with Crippen LogP contribution in [-0.4, -0.2) is 4.98 Å². The summed E-state index contributed by atoms with van der Waals surface area (Å²) in [6.45, 7) is 0. The third-order valence-electron chi connectivity index (χ3n) is 2.07. The lowest BCUT2D eigenvalue weighted by Gasteiger charge is -2.08. The van der Waals surface area contributed by atoms with Crippen molar-refractivity contribution in [2.75, 3.05) is 0 Å². The minimum Gasteiger partial charge on any atom is -0.438 e. The van der Waals surface area contributed by atoms with Crippen molar-refractivity contribution in [3.8, 4) is 11.6 Å². The van der Waals surface area contributed by atoms with E-state index >= 15 is 0 Å². The van der Waals surface area contributed by atoms with Crippen LogP contribution in [0, 0.1) is 3.57 Å². The molecular weight excluding hydrogens is 372 g/mol. The van der Waals surface area contributed by atoms with E-state index in [1.165, 1.54) is 0 Å². The maximum atomic E-state index is 5.93. The highest BCUT2D eigenvalue weighted by Crippen LogP contribution is 2.27. The second-order valence-electron chi connectivity index (χ2n) is 3.24. The second-order valence-corrected chi connectivity index (χ2v) is 5.08. The van der Waals surface area contributed by atoms with Gasteiger partial charge in [0.2, 0.25) is 5.88 Å². The van der Waals surface area contributed by atoms with Gasteiger partial charge in [0.15, 0.2) is 0 Å². The zero-order chi connectivity index (χ0) is 12.3. The van der Waals surface area contributed by atoms with Crippen molar-refractivity contribution in [2.45, 2.75) is 5.88 Å². The zero-order valence-electron chi connectivity index (χ0n) is 8.66. The number of rotatable bonds is 3. The maximum Gasteiger partial charge on any atom is 0.219 e. The van der Waals surface area contributed by atoms with Gasteiger partial charge >= 0.3 is 0 Å². The highest BCUT2D eigenvalue weighted by Gasteiger charge is 2.06. The van der Waals surface area contributed by atoms with Gasteiger partial charge in [0.25, 0.3) is 0 Å². The van der Waals surface area contributed by atoms with Crippen molar-refractivity contribution in [1.82, 2.24) is 4.98 Å². The van der Waals surface area contributed by atoms with Crippen molar-refractivity contribution in [1.29, 1.82) is 0 Å². The van der Waals surface area contributed by atoms with E-state index in [1.807, 2.05) is 24.3 Å². The number of para-hydroxylation sites is 1. The average molecular weight is 380 g/mol. The summed E-state index contributed by atoms with van der Waals surface area (Å²) >= 11 is 13.9. The molecule has 0 amide bonds. The predicted molar refractivity (Wildman–Crippen MR) is 78.0 cm³/mol. The molecule has 0 saturated carbocycles. The van der Waals surface area contributed by atoms with Crippen LogP contribution in [0.2, 0.25) is 5.02 Å². The number of benzene rings is 1. The van der Waals surface area contributed by atoms with Gasteiger partial charge in [-0.05, 0) is 40.8 Å². The van der Waals surface area contributed by atoms with Gasteiger partial charge in [-0.15, -0.1) is 11.6 Å². The monoisotopic (exact) mass is 379 g/mol. The van der Waals surface area contributed by atoms with E-state index in [1.54, 1.807) is 12.1 Å². The number of halogens is 3. The van der Waals surface area contributed by atoms with Gasteiger partial charge in [-0.2, -0.15) is 0 Å². The third kappa shape index (κ3) is 3.24. The number of nitrogens with zero attached hydrogens (tertiary/aromatic N) is 1. The molecule has 0 aliphatic carbocycles. The third-order valence-corrected chi connectivity index (χ3v) is 3.56. The van der Waals surface area contributed by atoms with Crippen LogP contribution in [0.5, 0.6) is 11.6 Å². The summed E-state index contributed by atoms with van der Waals surface area (Å²) in [5, 5.41) is 0.551. The number of hydrogen-bond donors (Lipinski definition) is 0. The second kappa shape index (κ2) is 5.89. The van der Waals surface area contributed by atoms with Gasteiger partial charge in [-0.1, -0.05) is 23.7 Å². The van der Waals surface area contributed by atoms with Gasteiger partial charge in [0.1, 0.15) is 5.75 Å². The molecule has 0 N–H and O–H groups in total. The Balaban J connectivity index is 2.28. The Morgan fingerprint density at radius 2 is 1.94 bits per heavy atom. The smallest absolute Gasteiger partial charge is 0.219 e. The van der Waals surface area contributed by atoms with E-state index in [-0.39, 0.29) is 5.88 Å². The Kier molecular flexibility index (Phi) is 4.48. The van der Waals surface area contributed by atoms with Gasteiger partial charge < -0.3 is 4.74 Å². The Hall–Kier alpha value is -0.520. The van der Waals surface area contributed by atoms with E-state index in [4.69, 9.17) is 27.9 Å². The van der Waals surface area contributed by atoms with E-state index in [0.29, 0.717) is 16.6 Å². The molecule has 2 nitrogen and oxygen atoms in total. The van der Waals surface area contributed by atoms with E-state index in [0.717, 1.165) is 9.32 Å². The zero-order valence-corrected chi connectivity index (χ0v) is 12.3. The highest BCUT2D eigenvalue weighted by molar-refractivity contribution is 14.1. The summed E-state index contributed by atoms with van der Waals surface area (Å²) in [6.07, 6.45) is 0. The van der Waals surface area contributed by atoms with E-state index in [9.17, 15) is 0 Å². The van der Waals surface area contributed by atoms with Crippen molar-refractivity contribution >= 4 is 45.8 Å². The van der Waals surface area contributed by atoms with E-state index < -0.39 is 0 Å². The quantitative estimate of drug-likeness (QED) is 0.560. The molecule has 0 saturated heterocycles. The summed E-state index contributed by atoms with van der Waals surface area (Å²) in [5.74, 6) is 1.53. The number of pyridine rings is 1. The molecular formula is C12H8Cl2INO. The molecule has 88 valence electrons. The molecule has 1 heterocycles. The largest absolute Gasteiger partial charge is 0.438 e. The normalized spacial score (nSPS) is 10.3. The summed E-state index contributed by atoms with van der Waals surface area (Å²) < 4.78 is 6.69. The van der Waals surface area contributed by atoms with Gasteiger partial charge in [-0.25, -0.2) is 4.98 Å². The number of alkyl halides is 1. The number of aromatic nitrogens is 1. The first-order valence-electron chi connectivity index (χ1n) is 4.84. The van der Waals surface area contributed by atoms with Crippen LogP contribution in [0.4, 0.5) is 0 Å². The summed E-state index contributed by atoms with van der Waals surface area (Å²) in [7, 11) is 0. The molecule has 1 aromatic carbocycles. The fourth-order valence-electron chi connectivity index (χ4n) is 1.26. The fraction of sp³-hybridized carbons (Fsp3) is 0.0833. The van der Waals surface area contributed by atoms with Crippen LogP contribution in [-0.2, 0) is 5.88 Å². The topological polar surface area (TPSA) is 22.1 Å². The summed E-state index contributed by atoms with van der Waals surface area (Å²) in [6, 6.07) is 11.2. The summed E-state index contributed by atoms with van der Waals surface area (Å²) in [4.78, 5) is 4.24. The molecule has 0 bridgehead atoms. The minimum atomic E-state index is 0.266. The average Bonchev–Trinajstić information content (AvgIpc) is 2.34. The fourth-order valence-corrected chi connectivity index (χ4v) is 2.20. The van der Waals surface area contributed by atoms with Gasteiger partial charge in [0, 0.05) is 6.07 Å². The molecule has 0 radical (unpaired) electrons. The lowest BCUT2D eigenvalue weighted by atomic mass is 10.3. The van der Waals surface area contributed by atoms with Crippen LogP contribution >= 0.6 is 45.8 Å². The van der Waals surface area contributed by atoms with Crippen LogP contribution in [0.1, 0.15) is 5.69 Å². The number of hydrogen-bond acceptors (Lipinski definition) is 2. The van der Waals surface area contributed by atoms with Crippen molar-refractivity contribution in [3.63, 3.8) is 0 Å². The molecule has 5 heteroatoms. The molecule has 0 aliphatic rings. The first-order chi connectivity index (χ1) is 8.20. The van der Waals surface area contributed by atoms with Crippen LogP contribution < -0.4 is 4.74 Å². The summed E-state index contributed by atoms with van der Waals surface area (Å²) in [5.41, 5.74) is 0.622. The van der Waals surface area contributed by atoms with Crippen LogP contribution in [0.25, 0.3) is 0 Å². The van der Waals surface area contributed by atoms with Gasteiger partial charge in [-0.3, -0.25) is 0 Å². The molecule has 2 aromatic rings. The molecule has 1 aromatic heterocycles. The lowest BCUT2D eigenvalue weighted by Crippen LogP contribution is -1.93. The first kappa shape index (κ1) is 12.9. The standard InChI is InChI=1S/C12H8Cl2INO/c13-7-10-8(14)5-6-12(16-10)17-11-4-2-1-3-9(11)15/h1-6H,7H2.